The van der Waals surface area contributed by atoms with Crippen LogP contribution in [0.4, 0.5) is 9.59 Å². The average Bonchev–Trinajstić information content (AvgIpc) is 3.52. The minimum Gasteiger partial charge on any atom is -0.359 e. The molecular formula is C29H35N5O4. The third-order valence-corrected chi connectivity index (χ3v) is 7.64. The average molecular weight is 518 g/mol. The maximum Gasteiger partial charge on any atom is 0.419 e. The fourth-order valence-corrected chi connectivity index (χ4v) is 5.48. The summed E-state index contributed by atoms with van der Waals surface area (Å²) in [6.45, 7) is 3.92. The molecule has 0 aliphatic carbocycles. The number of likely N-dealkylation sites (tertiary alicyclic amines) is 2. The monoisotopic (exact) mass is 517 g/mol. The zero-order chi connectivity index (χ0) is 26.6. The Bertz CT molecular complexity index is 1310. The van der Waals surface area contributed by atoms with E-state index in [1.165, 1.54) is 10.5 Å². The van der Waals surface area contributed by atoms with E-state index in [0.29, 0.717) is 32.6 Å². The summed E-state index contributed by atoms with van der Waals surface area (Å²) in [6, 6.07) is 13.5. The zero-order valence-electron chi connectivity index (χ0n) is 22.1. The van der Waals surface area contributed by atoms with Gasteiger partial charge in [-0.2, -0.15) is 5.10 Å². The van der Waals surface area contributed by atoms with Crippen LogP contribution >= 0.6 is 0 Å². The third-order valence-electron chi connectivity index (χ3n) is 7.64. The van der Waals surface area contributed by atoms with Crippen molar-refractivity contribution in [1.29, 1.82) is 0 Å². The number of hydrogen-bond donors (Lipinski definition) is 1. The van der Waals surface area contributed by atoms with Gasteiger partial charge in [0.05, 0.1) is 11.7 Å². The number of carbonyl (C=O) groups excluding carboxylic acids is 3. The van der Waals surface area contributed by atoms with Crippen molar-refractivity contribution >= 4 is 29.0 Å². The second-order valence-electron chi connectivity index (χ2n) is 10.5. The number of piperidine rings is 1. The van der Waals surface area contributed by atoms with Gasteiger partial charge in [-0.3, -0.25) is 14.4 Å². The number of benzene rings is 2. The number of carbonyl (C=O) groups is 3. The first kappa shape index (κ1) is 25.8. The molecule has 0 unspecified atom stereocenters. The Morgan fingerprint density at radius 2 is 1.74 bits per heavy atom. The van der Waals surface area contributed by atoms with Gasteiger partial charge < -0.3 is 15.0 Å². The highest BCUT2D eigenvalue weighted by atomic mass is 16.6. The van der Waals surface area contributed by atoms with E-state index >= 15 is 0 Å². The number of nitrogens with zero attached hydrogens (tertiary/aromatic N) is 4. The van der Waals surface area contributed by atoms with Crippen molar-refractivity contribution < 1.29 is 19.1 Å². The second kappa shape index (κ2) is 11.2. The lowest BCUT2D eigenvalue weighted by Crippen LogP contribution is -2.47. The molecule has 3 aromatic rings. The summed E-state index contributed by atoms with van der Waals surface area (Å²) in [4.78, 5) is 42.1. The van der Waals surface area contributed by atoms with E-state index in [2.05, 4.69) is 34.7 Å². The number of fused-ring (bicyclic) bond motifs is 1. The second-order valence-corrected chi connectivity index (χ2v) is 10.5. The molecule has 1 N–H and O–H groups in total. The molecule has 2 fully saturated rings. The fraction of sp³-hybridized carbons (Fsp3) is 0.448. The Balaban J connectivity index is 1.27. The van der Waals surface area contributed by atoms with E-state index in [4.69, 9.17) is 4.74 Å². The maximum absolute atomic E-state index is 13.4. The van der Waals surface area contributed by atoms with Gasteiger partial charge in [-0.05, 0) is 68.2 Å². The van der Waals surface area contributed by atoms with Gasteiger partial charge >= 0.3 is 12.2 Å². The van der Waals surface area contributed by atoms with Crippen molar-refractivity contribution in [3.05, 3.63) is 65.4 Å². The minimum absolute atomic E-state index is 0.0813. The number of aromatic nitrogens is 2. The molecule has 0 radical (unpaired) electrons. The number of rotatable bonds is 5. The summed E-state index contributed by atoms with van der Waals surface area (Å²) in [5.74, 6) is -0.164. The highest BCUT2D eigenvalue weighted by Crippen LogP contribution is 2.28. The van der Waals surface area contributed by atoms with E-state index in [1.807, 2.05) is 32.2 Å². The Labute approximate surface area is 222 Å². The molecule has 5 rings (SSSR count). The van der Waals surface area contributed by atoms with E-state index in [0.717, 1.165) is 47.7 Å². The molecule has 2 aliphatic heterocycles. The summed E-state index contributed by atoms with van der Waals surface area (Å²) in [5.41, 5.74) is 4.30. The van der Waals surface area contributed by atoms with Crippen LogP contribution in [0.2, 0.25) is 0 Å². The minimum atomic E-state index is -0.746. The lowest BCUT2D eigenvalue weighted by molar-refractivity contribution is -0.125. The first-order valence-electron chi connectivity index (χ1n) is 13.4. The van der Waals surface area contributed by atoms with Gasteiger partial charge in [0.2, 0.25) is 5.91 Å². The molecule has 1 aromatic heterocycles. The summed E-state index contributed by atoms with van der Waals surface area (Å²) in [7, 11) is 1.89. The molecular weight excluding hydrogens is 482 g/mol. The smallest absolute Gasteiger partial charge is 0.359 e. The predicted molar refractivity (Wildman–Crippen MR) is 143 cm³/mol. The van der Waals surface area contributed by atoms with Gasteiger partial charge in [0, 0.05) is 38.6 Å². The standard InChI is InChI=1S/C29H35N5O4/c1-20-6-8-21(9-7-20)14-23-16-26(34(19-23)29(37)38-28(36)33-12-4-3-5-13-33)27(35)30-17-22-10-11-25-24(15-22)18-31-32(25)2/h6-11,15,18,23,26H,3-5,12-14,16-17,19H2,1-2H3,(H,30,35)/t23-,26+/m1/s1. The zero-order valence-corrected chi connectivity index (χ0v) is 22.1. The van der Waals surface area contributed by atoms with Crippen LogP contribution in [0.1, 0.15) is 42.4 Å². The van der Waals surface area contributed by atoms with E-state index in [9.17, 15) is 14.4 Å². The number of nitrogens with one attached hydrogen (secondary N) is 1. The highest BCUT2D eigenvalue weighted by Gasteiger charge is 2.41. The molecule has 3 amide bonds. The highest BCUT2D eigenvalue weighted by molar-refractivity contribution is 5.90. The number of amides is 3. The van der Waals surface area contributed by atoms with Crippen LogP contribution < -0.4 is 5.32 Å². The summed E-state index contributed by atoms with van der Waals surface area (Å²) in [6.07, 6.45) is 4.55. The SMILES string of the molecule is Cc1ccc(C[C@@H]2C[C@@H](C(=O)NCc3ccc4c(cnn4C)c3)N(C(=O)OC(=O)N3CCCCC3)C2)cc1. The maximum atomic E-state index is 13.4. The number of aryl methyl sites for hydroxylation is 2. The number of hydrogen-bond acceptors (Lipinski definition) is 5. The van der Waals surface area contributed by atoms with Crippen LogP contribution in [0, 0.1) is 12.8 Å². The Kier molecular flexibility index (Phi) is 7.62. The summed E-state index contributed by atoms with van der Waals surface area (Å²) in [5, 5.41) is 8.26. The molecule has 0 spiro atoms. The Morgan fingerprint density at radius 3 is 2.50 bits per heavy atom. The van der Waals surface area contributed by atoms with Gasteiger partial charge in [0.25, 0.3) is 0 Å². The van der Waals surface area contributed by atoms with E-state index < -0.39 is 18.2 Å². The van der Waals surface area contributed by atoms with E-state index in [1.54, 1.807) is 15.8 Å². The molecule has 2 atom stereocenters. The van der Waals surface area contributed by atoms with Crippen molar-refractivity contribution in [2.45, 2.75) is 51.6 Å². The van der Waals surface area contributed by atoms with Gasteiger partial charge in [0.1, 0.15) is 6.04 Å². The van der Waals surface area contributed by atoms with Gasteiger partial charge in [-0.15, -0.1) is 0 Å². The molecule has 9 heteroatoms. The van der Waals surface area contributed by atoms with Crippen LogP contribution in [0.5, 0.6) is 0 Å². The Hall–Kier alpha value is -3.88. The lowest BCUT2D eigenvalue weighted by atomic mass is 9.96. The molecule has 2 aromatic carbocycles. The molecule has 2 saturated heterocycles. The summed E-state index contributed by atoms with van der Waals surface area (Å²) < 4.78 is 7.07. The molecule has 200 valence electrons. The predicted octanol–water partition coefficient (Wildman–Crippen LogP) is 4.17. The van der Waals surface area contributed by atoms with Gasteiger partial charge in [-0.25, -0.2) is 9.59 Å². The van der Waals surface area contributed by atoms with Crippen LogP contribution in [-0.4, -0.2) is 63.4 Å². The molecule has 2 aliphatic rings. The van der Waals surface area contributed by atoms with Gasteiger partial charge in [0.15, 0.2) is 0 Å². The molecule has 9 nitrogen and oxygen atoms in total. The normalized spacial score (nSPS) is 19.5. The number of ether oxygens (including phenoxy) is 1. The molecule has 3 heterocycles. The topological polar surface area (TPSA) is 96.8 Å². The van der Waals surface area contributed by atoms with Gasteiger partial charge in [-0.1, -0.05) is 35.9 Å². The largest absolute Gasteiger partial charge is 0.419 e. The fourth-order valence-electron chi connectivity index (χ4n) is 5.48. The third kappa shape index (κ3) is 5.82. The first-order valence-corrected chi connectivity index (χ1v) is 13.4. The van der Waals surface area contributed by atoms with Crippen molar-refractivity contribution in [3.63, 3.8) is 0 Å². The van der Waals surface area contributed by atoms with E-state index in [-0.39, 0.29) is 11.8 Å². The Morgan fingerprint density at radius 1 is 1.00 bits per heavy atom. The molecule has 38 heavy (non-hydrogen) atoms. The first-order chi connectivity index (χ1) is 18.4. The van der Waals surface area contributed by atoms with Crippen molar-refractivity contribution in [1.82, 2.24) is 24.9 Å². The van der Waals surface area contributed by atoms with Crippen LogP contribution in [0.15, 0.2) is 48.7 Å². The summed E-state index contributed by atoms with van der Waals surface area (Å²) >= 11 is 0. The lowest BCUT2D eigenvalue weighted by Gasteiger charge is -2.27. The van der Waals surface area contributed by atoms with Crippen molar-refractivity contribution in [3.8, 4) is 0 Å². The van der Waals surface area contributed by atoms with Crippen molar-refractivity contribution in [2.24, 2.45) is 13.0 Å². The van der Waals surface area contributed by atoms with Crippen LogP contribution in [0.25, 0.3) is 10.9 Å². The van der Waals surface area contributed by atoms with Crippen molar-refractivity contribution in [2.75, 3.05) is 19.6 Å². The molecule has 0 saturated carbocycles. The van der Waals surface area contributed by atoms with Crippen LogP contribution in [0.3, 0.4) is 0 Å². The quantitative estimate of drug-likeness (QED) is 0.513. The van der Waals surface area contributed by atoms with Crippen LogP contribution in [-0.2, 0) is 29.5 Å². The molecule has 0 bridgehead atoms.